The van der Waals surface area contributed by atoms with Crippen molar-refractivity contribution in [1.29, 1.82) is 0 Å². The van der Waals surface area contributed by atoms with Crippen LogP contribution in [0.15, 0.2) is 0 Å². The van der Waals surface area contributed by atoms with E-state index in [1.807, 2.05) is 13.8 Å². The van der Waals surface area contributed by atoms with Gasteiger partial charge in [0.2, 0.25) is 0 Å². The molecule has 2 unspecified atom stereocenters. The van der Waals surface area contributed by atoms with Crippen LogP contribution in [0.3, 0.4) is 0 Å². The Balaban J connectivity index is 2.02. The summed E-state index contributed by atoms with van der Waals surface area (Å²) in [5, 5.41) is 0. The highest BCUT2D eigenvalue weighted by atomic mass is 16.5. The first-order valence-corrected chi connectivity index (χ1v) is 13.7. The molecule has 0 heterocycles. The van der Waals surface area contributed by atoms with Crippen LogP contribution >= 0.6 is 0 Å². The third-order valence-electron chi connectivity index (χ3n) is 6.60. The second kappa shape index (κ2) is 18.4. The normalized spacial score (nSPS) is 18.8. The van der Waals surface area contributed by atoms with E-state index < -0.39 is 0 Å². The fraction of sp³-hybridized carbons (Fsp3) is 0.929. The van der Waals surface area contributed by atoms with Gasteiger partial charge in [-0.2, -0.15) is 0 Å². The summed E-state index contributed by atoms with van der Waals surface area (Å²) in [5.41, 5.74) is 0. The Bertz CT molecular complexity index is 486. The van der Waals surface area contributed by atoms with Crippen molar-refractivity contribution in [3.05, 3.63) is 0 Å². The molecule has 1 aliphatic carbocycles. The molecule has 4 heteroatoms. The quantitative estimate of drug-likeness (QED) is 0.157. The largest absolute Gasteiger partial charge is 0.465 e. The average molecular weight is 453 g/mol. The molecule has 0 aromatic carbocycles. The summed E-state index contributed by atoms with van der Waals surface area (Å²) in [6.07, 6.45) is 19.0. The topological polar surface area (TPSA) is 52.6 Å². The van der Waals surface area contributed by atoms with E-state index in [0.29, 0.717) is 19.1 Å². The molecular formula is C28H52O4. The van der Waals surface area contributed by atoms with Gasteiger partial charge in [0.1, 0.15) is 0 Å². The van der Waals surface area contributed by atoms with Crippen molar-refractivity contribution in [2.45, 2.75) is 130 Å². The highest BCUT2D eigenvalue weighted by Gasteiger charge is 2.37. The zero-order valence-corrected chi connectivity index (χ0v) is 21.7. The Morgan fingerprint density at radius 3 is 1.53 bits per heavy atom. The highest BCUT2D eigenvalue weighted by molar-refractivity contribution is 5.82. The lowest BCUT2D eigenvalue weighted by Crippen LogP contribution is -2.35. The number of rotatable bonds is 18. The second-order valence-corrected chi connectivity index (χ2v) is 10.8. The van der Waals surface area contributed by atoms with E-state index in [-0.39, 0.29) is 23.8 Å². The molecule has 32 heavy (non-hydrogen) atoms. The Morgan fingerprint density at radius 2 is 1.06 bits per heavy atom. The fourth-order valence-electron chi connectivity index (χ4n) is 4.58. The van der Waals surface area contributed by atoms with Gasteiger partial charge in [0.15, 0.2) is 0 Å². The van der Waals surface area contributed by atoms with Crippen LogP contribution < -0.4 is 0 Å². The third-order valence-corrected chi connectivity index (χ3v) is 6.60. The SMILES string of the molecule is CC(C)CCCCCCCCCCCCCOC(=O)C1CCCCC1C(=O)OCC(C)C. The smallest absolute Gasteiger partial charge is 0.309 e. The minimum atomic E-state index is -0.315. The summed E-state index contributed by atoms with van der Waals surface area (Å²) in [6.45, 7) is 9.58. The molecule has 4 nitrogen and oxygen atoms in total. The fourth-order valence-corrected chi connectivity index (χ4v) is 4.58. The monoisotopic (exact) mass is 452 g/mol. The second-order valence-electron chi connectivity index (χ2n) is 10.8. The number of carbonyl (C=O) groups is 2. The summed E-state index contributed by atoms with van der Waals surface area (Å²) in [4.78, 5) is 25.0. The van der Waals surface area contributed by atoms with Gasteiger partial charge in [-0.25, -0.2) is 0 Å². The molecule has 0 spiro atoms. The van der Waals surface area contributed by atoms with E-state index in [1.54, 1.807) is 0 Å². The lowest BCUT2D eigenvalue weighted by Gasteiger charge is -2.28. The van der Waals surface area contributed by atoms with E-state index in [0.717, 1.165) is 44.4 Å². The maximum Gasteiger partial charge on any atom is 0.309 e. The minimum Gasteiger partial charge on any atom is -0.465 e. The van der Waals surface area contributed by atoms with Crippen molar-refractivity contribution < 1.29 is 19.1 Å². The van der Waals surface area contributed by atoms with Crippen molar-refractivity contribution >= 4 is 11.9 Å². The number of hydrogen-bond donors (Lipinski definition) is 0. The van der Waals surface area contributed by atoms with Gasteiger partial charge >= 0.3 is 11.9 Å². The van der Waals surface area contributed by atoms with Gasteiger partial charge in [-0.15, -0.1) is 0 Å². The summed E-state index contributed by atoms with van der Waals surface area (Å²) >= 11 is 0. The van der Waals surface area contributed by atoms with E-state index in [1.165, 1.54) is 64.2 Å². The van der Waals surface area contributed by atoms with Crippen LogP contribution in [0, 0.1) is 23.7 Å². The Hall–Kier alpha value is -1.06. The zero-order chi connectivity index (χ0) is 23.6. The van der Waals surface area contributed by atoms with Crippen LogP contribution in [0.1, 0.15) is 130 Å². The van der Waals surface area contributed by atoms with Crippen molar-refractivity contribution in [2.24, 2.45) is 23.7 Å². The lowest BCUT2D eigenvalue weighted by atomic mass is 9.79. The van der Waals surface area contributed by atoms with E-state index in [9.17, 15) is 9.59 Å². The van der Waals surface area contributed by atoms with Crippen LogP contribution in [0.4, 0.5) is 0 Å². The van der Waals surface area contributed by atoms with Crippen LogP contribution in [0.2, 0.25) is 0 Å². The summed E-state index contributed by atoms with van der Waals surface area (Å²) in [5.74, 6) is 0.132. The molecule has 0 amide bonds. The van der Waals surface area contributed by atoms with E-state index >= 15 is 0 Å². The lowest BCUT2D eigenvalue weighted by molar-refractivity contribution is -0.163. The third kappa shape index (κ3) is 14.2. The first-order valence-electron chi connectivity index (χ1n) is 13.7. The minimum absolute atomic E-state index is 0.190. The summed E-state index contributed by atoms with van der Waals surface area (Å²) < 4.78 is 11.0. The Kier molecular flexibility index (Phi) is 16.6. The molecule has 1 saturated carbocycles. The van der Waals surface area contributed by atoms with Gasteiger partial charge in [0.25, 0.3) is 0 Å². The average Bonchev–Trinajstić information content (AvgIpc) is 2.77. The molecule has 0 aromatic rings. The zero-order valence-electron chi connectivity index (χ0n) is 21.7. The maximum absolute atomic E-state index is 12.6. The molecule has 1 fully saturated rings. The van der Waals surface area contributed by atoms with Gasteiger partial charge in [-0.3, -0.25) is 9.59 Å². The molecule has 0 N–H and O–H groups in total. The Morgan fingerprint density at radius 1 is 0.625 bits per heavy atom. The number of ether oxygens (including phenoxy) is 2. The standard InChI is InChI=1S/C28H52O4/c1-23(2)18-14-12-10-8-6-5-7-9-11-13-17-21-31-27(29)25-19-15-16-20-26(25)28(30)32-22-24(3)4/h23-26H,5-22H2,1-4H3. The van der Waals surface area contributed by atoms with Crippen molar-refractivity contribution in [1.82, 2.24) is 0 Å². The molecule has 0 aliphatic heterocycles. The number of esters is 2. The highest BCUT2D eigenvalue weighted by Crippen LogP contribution is 2.32. The maximum atomic E-state index is 12.6. The van der Waals surface area contributed by atoms with E-state index in [4.69, 9.17) is 9.47 Å². The molecule has 0 aromatic heterocycles. The van der Waals surface area contributed by atoms with Crippen LogP contribution in [0.5, 0.6) is 0 Å². The predicted octanol–water partition coefficient (Wildman–Crippen LogP) is 7.87. The molecule has 0 saturated heterocycles. The van der Waals surface area contributed by atoms with Gasteiger partial charge in [0.05, 0.1) is 25.0 Å². The van der Waals surface area contributed by atoms with Crippen molar-refractivity contribution in [3.8, 4) is 0 Å². The summed E-state index contributed by atoms with van der Waals surface area (Å²) in [6, 6.07) is 0. The van der Waals surface area contributed by atoms with Crippen LogP contribution in [-0.4, -0.2) is 25.2 Å². The predicted molar refractivity (Wildman–Crippen MR) is 132 cm³/mol. The molecule has 0 radical (unpaired) electrons. The van der Waals surface area contributed by atoms with Crippen LogP contribution in [0.25, 0.3) is 0 Å². The van der Waals surface area contributed by atoms with Crippen LogP contribution in [-0.2, 0) is 19.1 Å². The molecule has 1 rings (SSSR count). The molecule has 0 bridgehead atoms. The number of unbranched alkanes of at least 4 members (excludes halogenated alkanes) is 10. The Labute approximate surface area is 198 Å². The van der Waals surface area contributed by atoms with Gasteiger partial charge in [-0.1, -0.05) is 111 Å². The molecule has 2 atom stereocenters. The molecule has 188 valence electrons. The first-order chi connectivity index (χ1) is 15.4. The first kappa shape index (κ1) is 29.0. The molecule has 1 aliphatic rings. The van der Waals surface area contributed by atoms with Crippen molar-refractivity contribution in [3.63, 3.8) is 0 Å². The van der Waals surface area contributed by atoms with Gasteiger partial charge < -0.3 is 9.47 Å². The van der Waals surface area contributed by atoms with E-state index in [2.05, 4.69) is 13.8 Å². The van der Waals surface area contributed by atoms with Gasteiger partial charge in [0, 0.05) is 0 Å². The van der Waals surface area contributed by atoms with Gasteiger partial charge in [-0.05, 0) is 31.1 Å². The number of hydrogen-bond acceptors (Lipinski definition) is 4. The molecular weight excluding hydrogens is 400 g/mol. The number of carbonyl (C=O) groups excluding carboxylic acids is 2. The van der Waals surface area contributed by atoms with Crippen molar-refractivity contribution in [2.75, 3.05) is 13.2 Å². The summed E-state index contributed by atoms with van der Waals surface area (Å²) in [7, 11) is 0.